The van der Waals surface area contributed by atoms with Crippen LogP contribution >= 0.6 is 12.4 Å². The smallest absolute Gasteiger partial charge is 0.419 e. The summed E-state index contributed by atoms with van der Waals surface area (Å²) >= 11 is 0. The molecule has 1 saturated heterocycles. The summed E-state index contributed by atoms with van der Waals surface area (Å²) in [6.07, 6.45) is -4.02. The van der Waals surface area contributed by atoms with E-state index in [0.29, 0.717) is 38.0 Å². The predicted molar refractivity (Wildman–Crippen MR) is 101 cm³/mol. The van der Waals surface area contributed by atoms with Gasteiger partial charge in [-0.2, -0.15) is 13.2 Å². The van der Waals surface area contributed by atoms with Gasteiger partial charge in [-0.05, 0) is 41.8 Å². The van der Waals surface area contributed by atoms with E-state index in [1.807, 2.05) is 11.0 Å². The van der Waals surface area contributed by atoms with Crippen molar-refractivity contribution >= 4 is 18.3 Å². The highest BCUT2D eigenvalue weighted by Gasteiger charge is 2.34. The van der Waals surface area contributed by atoms with Crippen LogP contribution in [0.2, 0.25) is 0 Å². The van der Waals surface area contributed by atoms with Crippen LogP contribution in [0.3, 0.4) is 0 Å². The van der Waals surface area contributed by atoms with Crippen LogP contribution in [0.1, 0.15) is 16.7 Å². The van der Waals surface area contributed by atoms with Gasteiger partial charge in [0.1, 0.15) is 17.3 Å². The number of carbonyl (C=O) groups excluding carboxylic acids is 1. The molecule has 2 aromatic rings. The zero-order valence-corrected chi connectivity index (χ0v) is 16.1. The number of amides is 1. The maximum absolute atomic E-state index is 13.7. The molecular formula is C20H19ClF4N2O2. The number of rotatable bonds is 3. The number of alkyl halides is 3. The predicted octanol–water partition coefficient (Wildman–Crippen LogP) is 4.16. The molecule has 2 heterocycles. The van der Waals surface area contributed by atoms with Gasteiger partial charge < -0.3 is 15.0 Å². The van der Waals surface area contributed by atoms with Gasteiger partial charge in [0.15, 0.2) is 0 Å². The normalized spacial score (nSPS) is 16.5. The van der Waals surface area contributed by atoms with Gasteiger partial charge >= 0.3 is 6.18 Å². The van der Waals surface area contributed by atoms with E-state index in [1.165, 1.54) is 0 Å². The lowest BCUT2D eigenvalue weighted by molar-refractivity contribution is -0.140. The summed E-state index contributed by atoms with van der Waals surface area (Å²) in [5.74, 6) is -0.863. The summed E-state index contributed by atoms with van der Waals surface area (Å²) in [6, 6.07) is 7.80. The fraction of sp³-hybridized carbons (Fsp3) is 0.350. The topological polar surface area (TPSA) is 41.6 Å². The average molecular weight is 431 g/mol. The van der Waals surface area contributed by atoms with Crippen molar-refractivity contribution in [3.8, 4) is 11.5 Å². The van der Waals surface area contributed by atoms with E-state index in [0.717, 1.165) is 29.7 Å². The van der Waals surface area contributed by atoms with E-state index < -0.39 is 17.6 Å². The second-order valence-corrected chi connectivity index (χ2v) is 7.04. The Bertz CT molecular complexity index is 916. The first-order chi connectivity index (χ1) is 13.3. The van der Waals surface area contributed by atoms with Crippen LogP contribution in [-0.2, 0) is 23.9 Å². The van der Waals surface area contributed by atoms with Crippen LogP contribution in [0.5, 0.6) is 11.5 Å². The Morgan fingerprint density at radius 3 is 2.38 bits per heavy atom. The highest BCUT2D eigenvalue weighted by Crippen LogP contribution is 2.34. The average Bonchev–Trinajstić information content (AvgIpc) is 2.58. The number of halogens is 5. The third-order valence-corrected chi connectivity index (χ3v) is 5.11. The summed E-state index contributed by atoms with van der Waals surface area (Å²) in [6.45, 7) is 2.52. The van der Waals surface area contributed by atoms with Gasteiger partial charge in [-0.1, -0.05) is 6.07 Å². The summed E-state index contributed by atoms with van der Waals surface area (Å²) in [5.41, 5.74) is 0.698. The first-order valence-electron chi connectivity index (χ1n) is 8.97. The molecule has 2 aliphatic heterocycles. The number of fused-ring (bicyclic) bond motifs is 1. The number of nitrogens with zero attached hydrogens (tertiary/aromatic N) is 1. The van der Waals surface area contributed by atoms with Crippen LogP contribution in [-0.4, -0.2) is 30.4 Å². The molecule has 4 nitrogen and oxygen atoms in total. The molecule has 29 heavy (non-hydrogen) atoms. The largest absolute Gasteiger partial charge is 0.457 e. The van der Waals surface area contributed by atoms with Gasteiger partial charge in [-0.15, -0.1) is 12.4 Å². The van der Waals surface area contributed by atoms with Crippen LogP contribution < -0.4 is 10.1 Å². The number of carbonyl (C=O) groups is 1. The van der Waals surface area contributed by atoms with Crippen LogP contribution in [0.4, 0.5) is 17.6 Å². The highest BCUT2D eigenvalue weighted by atomic mass is 35.5. The van der Waals surface area contributed by atoms with Gasteiger partial charge in [0, 0.05) is 32.2 Å². The van der Waals surface area contributed by atoms with Crippen LogP contribution in [0.15, 0.2) is 36.4 Å². The molecule has 0 unspecified atom stereocenters. The summed E-state index contributed by atoms with van der Waals surface area (Å²) in [5, 5.41) is 3.09. The monoisotopic (exact) mass is 430 g/mol. The molecule has 4 rings (SSSR count). The standard InChI is InChI=1S/C20H18F4N2O2.ClH/c21-18-8-16(3-4-17(18)20(22,23)24)28-15-2-1-12-5-6-26(11-13(12)7-15)19(27)14-9-25-10-14;/h1-4,7-8,14,25H,5-6,9-11H2;1H. The zero-order chi connectivity index (χ0) is 19.9. The van der Waals surface area contributed by atoms with E-state index in [4.69, 9.17) is 4.74 Å². The quantitative estimate of drug-likeness (QED) is 0.743. The summed E-state index contributed by atoms with van der Waals surface area (Å²) < 4.78 is 57.3. The van der Waals surface area contributed by atoms with Gasteiger partial charge in [-0.25, -0.2) is 4.39 Å². The van der Waals surface area contributed by atoms with E-state index in [9.17, 15) is 22.4 Å². The van der Waals surface area contributed by atoms with Gasteiger partial charge in [0.05, 0.1) is 11.5 Å². The number of ether oxygens (including phenoxy) is 1. The second kappa shape index (κ2) is 8.20. The molecule has 0 atom stereocenters. The van der Waals surface area contributed by atoms with E-state index in [-0.39, 0.29) is 30.0 Å². The molecule has 0 bridgehead atoms. The Hall–Kier alpha value is -2.32. The van der Waals surface area contributed by atoms with Crippen molar-refractivity contribution < 1.29 is 27.1 Å². The Labute approximate surface area is 171 Å². The Morgan fingerprint density at radius 1 is 1.07 bits per heavy atom. The first kappa shape index (κ1) is 21.4. The first-order valence-corrected chi connectivity index (χ1v) is 8.97. The van der Waals surface area contributed by atoms with Gasteiger partial charge in [0.25, 0.3) is 0 Å². The maximum atomic E-state index is 13.7. The summed E-state index contributed by atoms with van der Waals surface area (Å²) in [7, 11) is 0. The highest BCUT2D eigenvalue weighted by molar-refractivity contribution is 5.85. The van der Waals surface area contributed by atoms with Crippen molar-refractivity contribution in [2.45, 2.75) is 19.1 Å². The lowest BCUT2D eigenvalue weighted by Crippen LogP contribution is -2.52. The molecule has 0 saturated carbocycles. The molecule has 1 amide bonds. The van der Waals surface area contributed by atoms with Crippen LogP contribution in [0.25, 0.3) is 0 Å². The molecule has 0 aliphatic carbocycles. The molecule has 0 spiro atoms. The minimum Gasteiger partial charge on any atom is -0.457 e. The van der Waals surface area contributed by atoms with Crippen molar-refractivity contribution in [3.63, 3.8) is 0 Å². The number of hydrogen-bond donors (Lipinski definition) is 1. The molecule has 0 aromatic heterocycles. The lowest BCUT2D eigenvalue weighted by atomic mass is 9.96. The van der Waals surface area contributed by atoms with Crippen molar-refractivity contribution in [2.24, 2.45) is 5.92 Å². The van der Waals surface area contributed by atoms with Crippen molar-refractivity contribution in [1.82, 2.24) is 10.2 Å². The van der Waals surface area contributed by atoms with Crippen molar-refractivity contribution in [2.75, 3.05) is 19.6 Å². The number of benzene rings is 2. The molecule has 0 radical (unpaired) electrons. The molecular weight excluding hydrogens is 412 g/mol. The fourth-order valence-electron chi connectivity index (χ4n) is 3.43. The minimum atomic E-state index is -4.75. The van der Waals surface area contributed by atoms with Gasteiger partial charge in [0.2, 0.25) is 5.91 Å². The number of hydrogen-bond acceptors (Lipinski definition) is 3. The third kappa shape index (κ3) is 4.48. The second-order valence-electron chi connectivity index (χ2n) is 7.04. The van der Waals surface area contributed by atoms with Crippen molar-refractivity contribution in [1.29, 1.82) is 0 Å². The molecule has 1 N–H and O–H groups in total. The maximum Gasteiger partial charge on any atom is 0.419 e. The van der Waals surface area contributed by atoms with E-state index in [1.54, 1.807) is 12.1 Å². The molecule has 1 fully saturated rings. The molecule has 9 heteroatoms. The third-order valence-electron chi connectivity index (χ3n) is 5.11. The SMILES string of the molecule is Cl.O=C(C1CNC1)N1CCc2ccc(Oc3ccc(C(F)(F)F)c(F)c3)cc2C1. The van der Waals surface area contributed by atoms with Gasteiger partial charge in [-0.3, -0.25) is 4.79 Å². The molecule has 2 aromatic carbocycles. The Morgan fingerprint density at radius 2 is 1.76 bits per heavy atom. The Balaban J connectivity index is 0.00000240. The molecule has 2 aliphatic rings. The zero-order valence-electron chi connectivity index (χ0n) is 15.3. The summed E-state index contributed by atoms with van der Waals surface area (Å²) in [4.78, 5) is 14.3. The van der Waals surface area contributed by atoms with E-state index >= 15 is 0 Å². The van der Waals surface area contributed by atoms with Crippen molar-refractivity contribution in [3.05, 3.63) is 58.9 Å². The lowest BCUT2D eigenvalue weighted by Gasteiger charge is -2.35. The molecule has 156 valence electrons. The van der Waals surface area contributed by atoms with Crippen LogP contribution in [0, 0.1) is 11.7 Å². The number of nitrogens with one attached hydrogen (secondary N) is 1. The van der Waals surface area contributed by atoms with E-state index in [2.05, 4.69) is 5.32 Å². The Kier molecular flexibility index (Phi) is 6.05. The fourth-order valence-corrected chi connectivity index (χ4v) is 3.43. The minimum absolute atomic E-state index is 0.